The summed E-state index contributed by atoms with van der Waals surface area (Å²) in [6.45, 7) is 5.57. The molecule has 5 N–H and O–H groups in total. The molecule has 1 aromatic carbocycles. The number of hydrogen-bond acceptors (Lipinski definition) is 4. The number of nitrogen functional groups attached to an aromatic ring is 1. The predicted octanol–water partition coefficient (Wildman–Crippen LogP) is 1.78. The highest BCUT2D eigenvalue weighted by atomic mass is 16.6. The van der Waals surface area contributed by atoms with Gasteiger partial charge in [-0.25, -0.2) is 4.79 Å². The topological polar surface area (TPSA) is 116 Å². The van der Waals surface area contributed by atoms with Gasteiger partial charge in [-0.15, -0.1) is 0 Å². The van der Waals surface area contributed by atoms with E-state index in [0.29, 0.717) is 5.69 Å². The summed E-state index contributed by atoms with van der Waals surface area (Å²) in [4.78, 5) is 20.2. The van der Waals surface area contributed by atoms with Crippen LogP contribution in [0.2, 0.25) is 0 Å². The highest BCUT2D eigenvalue weighted by Crippen LogP contribution is 2.11. The molecular weight excluding hydrogens is 248 g/mol. The van der Waals surface area contributed by atoms with Crippen LogP contribution in [0.1, 0.15) is 26.3 Å². The van der Waals surface area contributed by atoms with Crippen LogP contribution in [0.3, 0.4) is 0 Å². The molecule has 6 nitrogen and oxygen atoms in total. The van der Waals surface area contributed by atoms with Crippen molar-refractivity contribution in [1.29, 1.82) is 0 Å². The number of primary amides is 1. The summed E-state index contributed by atoms with van der Waals surface area (Å²) in [7, 11) is 0. The molecule has 1 aromatic rings. The van der Waals surface area contributed by atoms with Gasteiger partial charge in [0.2, 0.25) is 0 Å². The number of esters is 1. The van der Waals surface area contributed by atoms with Crippen LogP contribution in [-0.2, 0) is 16.0 Å². The molecule has 6 heteroatoms. The zero-order valence-electron chi connectivity index (χ0n) is 11.3. The first-order valence-corrected chi connectivity index (χ1v) is 5.65. The van der Waals surface area contributed by atoms with E-state index >= 15 is 0 Å². The molecule has 0 spiro atoms. The fourth-order valence-electron chi connectivity index (χ4n) is 1.18. The third-order valence-electron chi connectivity index (χ3n) is 1.75. The molecule has 0 radical (unpaired) electrons. The van der Waals surface area contributed by atoms with Crippen LogP contribution in [-0.4, -0.2) is 22.8 Å². The average molecular weight is 268 g/mol. The van der Waals surface area contributed by atoms with Crippen molar-refractivity contribution in [2.45, 2.75) is 32.8 Å². The number of carbonyl (C=O) groups is 2. The molecule has 0 aromatic heterocycles. The number of amides is 1. The monoisotopic (exact) mass is 268 g/mol. The number of benzene rings is 1. The Labute approximate surface area is 112 Å². The quantitative estimate of drug-likeness (QED) is 0.558. The average Bonchev–Trinajstić information content (AvgIpc) is 2.17. The largest absolute Gasteiger partial charge is 0.465 e. The Balaban J connectivity index is 0.000000711. The van der Waals surface area contributed by atoms with Crippen molar-refractivity contribution in [1.82, 2.24) is 0 Å². The van der Waals surface area contributed by atoms with E-state index in [4.69, 9.17) is 20.4 Å². The third kappa shape index (κ3) is 10.6. The molecule has 0 heterocycles. The first-order chi connectivity index (χ1) is 8.60. The van der Waals surface area contributed by atoms with Crippen molar-refractivity contribution in [3.8, 4) is 0 Å². The minimum atomic E-state index is -1.33. The number of carbonyl (C=O) groups excluding carboxylic acids is 1. The lowest BCUT2D eigenvalue weighted by molar-refractivity contribution is -0.153. The van der Waals surface area contributed by atoms with Crippen molar-refractivity contribution < 1.29 is 19.4 Å². The second-order valence-electron chi connectivity index (χ2n) is 4.84. The first-order valence-electron chi connectivity index (χ1n) is 5.65. The molecule has 0 saturated carbocycles. The lowest BCUT2D eigenvalue weighted by Gasteiger charge is -2.19. The van der Waals surface area contributed by atoms with Crippen LogP contribution in [0, 0.1) is 0 Å². The standard InChI is InChI=1S/C12H17NO2.CH3NO2/c1-12(2,3)15-11(14)8-9-4-6-10(13)7-5-9;2-1(3)4/h4-7H,8,13H2,1-3H3;2H2,(H,3,4). The molecule has 19 heavy (non-hydrogen) atoms. The van der Waals surface area contributed by atoms with E-state index in [1.807, 2.05) is 32.9 Å². The van der Waals surface area contributed by atoms with Crippen molar-refractivity contribution in [2.24, 2.45) is 5.73 Å². The van der Waals surface area contributed by atoms with Crippen molar-refractivity contribution >= 4 is 17.7 Å². The highest BCUT2D eigenvalue weighted by molar-refractivity contribution is 5.73. The van der Waals surface area contributed by atoms with Gasteiger partial charge >= 0.3 is 12.1 Å². The van der Waals surface area contributed by atoms with E-state index in [0.717, 1.165) is 5.56 Å². The normalized spacial score (nSPS) is 10.1. The Hall–Kier alpha value is -2.24. The Morgan fingerprint density at radius 1 is 1.21 bits per heavy atom. The minimum absolute atomic E-state index is 0.215. The van der Waals surface area contributed by atoms with E-state index in [1.165, 1.54) is 0 Å². The Morgan fingerprint density at radius 3 is 2.00 bits per heavy atom. The summed E-state index contributed by atoms with van der Waals surface area (Å²) in [6, 6.07) is 7.22. The summed E-state index contributed by atoms with van der Waals surface area (Å²) >= 11 is 0. The van der Waals surface area contributed by atoms with Gasteiger partial charge in [0.1, 0.15) is 5.60 Å². The Kier molecular flexibility index (Phi) is 6.40. The number of rotatable bonds is 2. The smallest absolute Gasteiger partial charge is 0.402 e. The molecule has 0 saturated heterocycles. The van der Waals surface area contributed by atoms with Crippen molar-refractivity contribution in [2.75, 3.05) is 5.73 Å². The van der Waals surface area contributed by atoms with Crippen LogP contribution in [0.15, 0.2) is 24.3 Å². The van der Waals surface area contributed by atoms with Crippen LogP contribution < -0.4 is 11.5 Å². The van der Waals surface area contributed by atoms with Gasteiger partial charge in [-0.3, -0.25) is 4.79 Å². The summed E-state index contributed by atoms with van der Waals surface area (Å²) in [5, 5.41) is 7.19. The SMILES string of the molecule is CC(C)(C)OC(=O)Cc1ccc(N)cc1.NC(=O)O. The summed E-state index contributed by atoms with van der Waals surface area (Å²) in [5.41, 5.74) is 10.8. The summed E-state index contributed by atoms with van der Waals surface area (Å²) < 4.78 is 5.20. The fourth-order valence-corrected chi connectivity index (χ4v) is 1.18. The van der Waals surface area contributed by atoms with Gasteiger partial charge < -0.3 is 21.3 Å². The number of nitrogens with two attached hydrogens (primary N) is 2. The lowest BCUT2D eigenvalue weighted by atomic mass is 10.1. The van der Waals surface area contributed by atoms with E-state index in [-0.39, 0.29) is 12.4 Å². The zero-order valence-corrected chi connectivity index (χ0v) is 11.3. The minimum Gasteiger partial charge on any atom is -0.465 e. The highest BCUT2D eigenvalue weighted by Gasteiger charge is 2.16. The maximum atomic E-state index is 11.5. The second kappa shape index (κ2) is 7.25. The summed E-state index contributed by atoms with van der Waals surface area (Å²) in [5.74, 6) is -0.215. The van der Waals surface area contributed by atoms with Crippen LogP contribution in [0.5, 0.6) is 0 Å². The van der Waals surface area contributed by atoms with Gasteiger partial charge in [0, 0.05) is 5.69 Å². The molecular formula is C13H20N2O4. The molecule has 0 bridgehead atoms. The van der Waals surface area contributed by atoms with E-state index in [9.17, 15) is 4.79 Å². The molecule has 0 aliphatic heterocycles. The van der Waals surface area contributed by atoms with Crippen LogP contribution in [0.4, 0.5) is 10.5 Å². The maximum absolute atomic E-state index is 11.5. The molecule has 0 aliphatic carbocycles. The van der Waals surface area contributed by atoms with E-state index < -0.39 is 11.7 Å². The third-order valence-corrected chi connectivity index (χ3v) is 1.75. The van der Waals surface area contributed by atoms with Gasteiger partial charge in [0.05, 0.1) is 6.42 Å². The van der Waals surface area contributed by atoms with Gasteiger partial charge in [-0.05, 0) is 38.5 Å². The van der Waals surface area contributed by atoms with Gasteiger partial charge in [0.25, 0.3) is 0 Å². The van der Waals surface area contributed by atoms with E-state index in [2.05, 4.69) is 5.73 Å². The van der Waals surface area contributed by atoms with Gasteiger partial charge in [0.15, 0.2) is 0 Å². The summed E-state index contributed by atoms with van der Waals surface area (Å²) in [6.07, 6.45) is -1.04. The molecule has 0 fully saturated rings. The number of ether oxygens (including phenoxy) is 1. The molecule has 0 unspecified atom stereocenters. The molecule has 0 atom stereocenters. The van der Waals surface area contributed by atoms with Gasteiger partial charge in [-0.1, -0.05) is 12.1 Å². The molecule has 1 rings (SSSR count). The van der Waals surface area contributed by atoms with Crippen molar-refractivity contribution in [3.63, 3.8) is 0 Å². The van der Waals surface area contributed by atoms with E-state index in [1.54, 1.807) is 12.1 Å². The van der Waals surface area contributed by atoms with Gasteiger partial charge in [-0.2, -0.15) is 0 Å². The fraction of sp³-hybridized carbons (Fsp3) is 0.385. The molecule has 1 amide bonds. The lowest BCUT2D eigenvalue weighted by Crippen LogP contribution is -2.24. The zero-order chi connectivity index (χ0) is 15.1. The first kappa shape index (κ1) is 16.8. The molecule has 106 valence electrons. The Bertz CT molecular complexity index is 417. The van der Waals surface area contributed by atoms with Crippen LogP contribution >= 0.6 is 0 Å². The number of carboxylic acid groups (broad SMARTS) is 1. The number of hydrogen-bond donors (Lipinski definition) is 3. The molecule has 0 aliphatic rings. The predicted molar refractivity (Wildman–Crippen MR) is 72.6 cm³/mol. The van der Waals surface area contributed by atoms with Crippen molar-refractivity contribution in [3.05, 3.63) is 29.8 Å². The Morgan fingerprint density at radius 2 is 1.63 bits per heavy atom. The van der Waals surface area contributed by atoms with Crippen LogP contribution in [0.25, 0.3) is 0 Å². The second-order valence-corrected chi connectivity index (χ2v) is 4.84. The number of anilines is 1. The maximum Gasteiger partial charge on any atom is 0.402 e.